The van der Waals surface area contributed by atoms with E-state index in [-0.39, 0.29) is 12.3 Å². The molecule has 0 unspecified atom stereocenters. The summed E-state index contributed by atoms with van der Waals surface area (Å²) in [7, 11) is 0. The number of urea groups is 1. The van der Waals surface area contributed by atoms with E-state index in [9.17, 15) is 9.59 Å². The molecular weight excluding hydrogens is 234 g/mol. The quantitative estimate of drug-likeness (QED) is 0.639. The predicted octanol–water partition coefficient (Wildman–Crippen LogP) is 0.591. The van der Waals surface area contributed by atoms with Gasteiger partial charge in [0.1, 0.15) is 0 Å². The van der Waals surface area contributed by atoms with Gasteiger partial charge >= 0.3 is 6.03 Å². The zero-order valence-corrected chi connectivity index (χ0v) is 9.43. The van der Waals surface area contributed by atoms with E-state index in [2.05, 4.69) is 15.5 Å². The van der Waals surface area contributed by atoms with Crippen molar-refractivity contribution < 1.29 is 9.59 Å². The van der Waals surface area contributed by atoms with Crippen LogP contribution < -0.4 is 16.0 Å². The smallest absolute Gasteiger partial charge is 0.328 e. The molecule has 1 aromatic heterocycles. The fourth-order valence-electron chi connectivity index (χ4n) is 2.03. The first-order valence-electron chi connectivity index (χ1n) is 5.49. The molecule has 3 rings (SSSR count). The lowest BCUT2D eigenvalue weighted by molar-refractivity contribution is -0.120. The Morgan fingerprint density at radius 2 is 2.17 bits per heavy atom. The summed E-state index contributed by atoms with van der Waals surface area (Å²) >= 11 is 0. The number of nitrogens with zero attached hydrogens (tertiary/aromatic N) is 2. The number of imide groups is 1. The Hall–Kier alpha value is -2.57. The van der Waals surface area contributed by atoms with Crippen molar-refractivity contribution >= 4 is 34.2 Å². The van der Waals surface area contributed by atoms with Gasteiger partial charge in [-0.3, -0.25) is 20.1 Å². The number of fused-ring (bicyclic) bond motifs is 1. The van der Waals surface area contributed by atoms with Gasteiger partial charge in [-0.15, -0.1) is 0 Å². The molecule has 3 amide bonds. The van der Waals surface area contributed by atoms with Gasteiger partial charge in [0, 0.05) is 29.7 Å². The van der Waals surface area contributed by atoms with Gasteiger partial charge in [0.15, 0.2) is 0 Å². The van der Waals surface area contributed by atoms with Gasteiger partial charge in [0.2, 0.25) is 5.91 Å². The molecule has 7 heteroatoms. The lowest BCUT2D eigenvalue weighted by Crippen LogP contribution is -2.49. The number of nitrogens with two attached hydrogens (primary N) is 1. The molecule has 2 aromatic rings. The molecule has 92 valence electrons. The number of aromatic amines is 1. The number of amides is 3. The van der Waals surface area contributed by atoms with Gasteiger partial charge in [-0.25, -0.2) is 4.79 Å². The van der Waals surface area contributed by atoms with Gasteiger partial charge in [-0.1, -0.05) is 0 Å². The highest BCUT2D eigenvalue weighted by Gasteiger charge is 2.24. The average molecular weight is 245 g/mol. The maximum atomic E-state index is 11.7. The van der Waals surface area contributed by atoms with Crippen molar-refractivity contribution in [3.05, 3.63) is 18.3 Å². The van der Waals surface area contributed by atoms with Crippen LogP contribution in [0.3, 0.4) is 0 Å². The number of rotatable bonds is 1. The molecule has 0 bridgehead atoms. The first kappa shape index (κ1) is 10.6. The van der Waals surface area contributed by atoms with E-state index in [4.69, 9.17) is 5.73 Å². The van der Waals surface area contributed by atoms with E-state index in [1.54, 1.807) is 18.3 Å². The summed E-state index contributed by atoms with van der Waals surface area (Å²) in [5.74, 6) is -0.258. The number of carbonyl (C=O) groups excluding carboxylic acids is 2. The largest absolute Gasteiger partial charge is 0.398 e. The Balaban J connectivity index is 2.03. The van der Waals surface area contributed by atoms with E-state index >= 15 is 0 Å². The highest BCUT2D eigenvalue weighted by Crippen LogP contribution is 2.27. The van der Waals surface area contributed by atoms with Crippen molar-refractivity contribution in [2.45, 2.75) is 6.42 Å². The number of carbonyl (C=O) groups is 2. The highest BCUT2D eigenvalue weighted by atomic mass is 16.2. The van der Waals surface area contributed by atoms with Crippen molar-refractivity contribution in [2.24, 2.45) is 0 Å². The van der Waals surface area contributed by atoms with Crippen LogP contribution in [0.5, 0.6) is 0 Å². The molecule has 1 fully saturated rings. The number of nitrogen functional groups attached to an aromatic ring is 1. The van der Waals surface area contributed by atoms with Gasteiger partial charge in [0.25, 0.3) is 0 Å². The normalized spacial score (nSPS) is 16.1. The second-order valence-corrected chi connectivity index (χ2v) is 4.12. The van der Waals surface area contributed by atoms with Crippen LogP contribution in [0.2, 0.25) is 0 Å². The summed E-state index contributed by atoms with van der Waals surface area (Å²) in [6, 6.07) is 3.06. The molecule has 4 N–H and O–H groups in total. The molecule has 2 heterocycles. The number of hydrogen-bond donors (Lipinski definition) is 3. The number of anilines is 2. The summed E-state index contributed by atoms with van der Waals surface area (Å²) < 4.78 is 0. The van der Waals surface area contributed by atoms with E-state index in [0.29, 0.717) is 17.9 Å². The Bertz CT molecular complexity index is 648. The molecule has 0 aliphatic carbocycles. The minimum absolute atomic E-state index is 0.258. The number of nitrogens with one attached hydrogen (secondary N) is 2. The predicted molar refractivity (Wildman–Crippen MR) is 66.0 cm³/mol. The van der Waals surface area contributed by atoms with E-state index < -0.39 is 6.03 Å². The van der Waals surface area contributed by atoms with Crippen LogP contribution in [0.4, 0.5) is 16.2 Å². The van der Waals surface area contributed by atoms with Crippen molar-refractivity contribution in [1.82, 2.24) is 15.5 Å². The van der Waals surface area contributed by atoms with Crippen LogP contribution >= 0.6 is 0 Å². The third-order valence-corrected chi connectivity index (χ3v) is 2.94. The van der Waals surface area contributed by atoms with Crippen molar-refractivity contribution in [1.29, 1.82) is 0 Å². The van der Waals surface area contributed by atoms with Gasteiger partial charge in [-0.2, -0.15) is 5.10 Å². The molecule has 18 heavy (non-hydrogen) atoms. The highest BCUT2D eigenvalue weighted by molar-refractivity contribution is 6.07. The standard InChI is InChI=1S/C11H11N5O2/c12-8-3-6(4-9-7(8)5-13-15-9)16-2-1-10(17)14-11(16)18/h3-5H,1-2,12H2,(H,13,15)(H,14,17,18). The van der Waals surface area contributed by atoms with Crippen LogP contribution in [-0.2, 0) is 4.79 Å². The molecule has 0 radical (unpaired) electrons. The van der Waals surface area contributed by atoms with Gasteiger partial charge in [0.05, 0.1) is 11.7 Å². The zero-order valence-electron chi connectivity index (χ0n) is 9.43. The second-order valence-electron chi connectivity index (χ2n) is 4.12. The second kappa shape index (κ2) is 3.73. The topological polar surface area (TPSA) is 104 Å². The number of benzene rings is 1. The van der Waals surface area contributed by atoms with Crippen LogP contribution in [0.25, 0.3) is 10.9 Å². The number of H-pyrrole nitrogens is 1. The first-order valence-corrected chi connectivity index (χ1v) is 5.49. The molecular formula is C11H11N5O2. The minimum atomic E-state index is -0.426. The molecule has 0 spiro atoms. The Kier molecular flexibility index (Phi) is 2.19. The molecule has 1 aliphatic rings. The SMILES string of the molecule is Nc1cc(N2CCC(=O)NC2=O)cc2[nH]ncc12. The number of hydrogen-bond acceptors (Lipinski definition) is 4. The van der Waals surface area contributed by atoms with Crippen LogP contribution in [0.15, 0.2) is 18.3 Å². The summed E-state index contributed by atoms with van der Waals surface area (Å²) in [6.07, 6.45) is 1.92. The summed E-state index contributed by atoms with van der Waals surface area (Å²) in [5.41, 5.74) is 7.84. The lowest BCUT2D eigenvalue weighted by Gasteiger charge is -2.26. The fraction of sp³-hybridized carbons (Fsp3) is 0.182. The van der Waals surface area contributed by atoms with E-state index in [0.717, 1.165) is 10.9 Å². The molecule has 1 saturated heterocycles. The molecule has 0 saturated carbocycles. The van der Waals surface area contributed by atoms with Crippen LogP contribution in [-0.4, -0.2) is 28.7 Å². The Labute approximate surface area is 102 Å². The molecule has 1 aromatic carbocycles. The molecule has 7 nitrogen and oxygen atoms in total. The van der Waals surface area contributed by atoms with E-state index in [1.807, 2.05) is 0 Å². The first-order chi connectivity index (χ1) is 8.65. The minimum Gasteiger partial charge on any atom is -0.398 e. The summed E-state index contributed by atoms with van der Waals surface area (Å²) in [4.78, 5) is 24.3. The summed E-state index contributed by atoms with van der Waals surface area (Å²) in [5, 5.41) is 9.79. The van der Waals surface area contributed by atoms with Gasteiger partial charge < -0.3 is 5.73 Å². The van der Waals surface area contributed by atoms with Crippen molar-refractivity contribution in [3.63, 3.8) is 0 Å². The zero-order chi connectivity index (χ0) is 12.7. The monoisotopic (exact) mass is 245 g/mol. The lowest BCUT2D eigenvalue weighted by atomic mass is 10.1. The van der Waals surface area contributed by atoms with Crippen molar-refractivity contribution in [3.8, 4) is 0 Å². The maximum Gasteiger partial charge on any atom is 0.328 e. The van der Waals surface area contributed by atoms with Crippen LogP contribution in [0.1, 0.15) is 6.42 Å². The van der Waals surface area contributed by atoms with E-state index in [1.165, 1.54) is 4.90 Å². The maximum absolute atomic E-state index is 11.7. The van der Waals surface area contributed by atoms with Crippen LogP contribution in [0, 0.1) is 0 Å². The number of aromatic nitrogens is 2. The average Bonchev–Trinajstić information content (AvgIpc) is 2.77. The third-order valence-electron chi connectivity index (χ3n) is 2.94. The Morgan fingerprint density at radius 1 is 1.33 bits per heavy atom. The molecule has 0 atom stereocenters. The summed E-state index contributed by atoms with van der Waals surface area (Å²) in [6.45, 7) is 0.351. The van der Waals surface area contributed by atoms with Crippen molar-refractivity contribution in [2.75, 3.05) is 17.2 Å². The third kappa shape index (κ3) is 1.56. The Morgan fingerprint density at radius 3 is 2.94 bits per heavy atom. The fourth-order valence-corrected chi connectivity index (χ4v) is 2.03. The molecule has 1 aliphatic heterocycles. The van der Waals surface area contributed by atoms with Gasteiger partial charge in [-0.05, 0) is 12.1 Å².